The topological polar surface area (TPSA) is 114 Å². The molecule has 0 amide bonds. The van der Waals surface area contributed by atoms with E-state index in [1.165, 1.54) is 0 Å². The highest BCUT2D eigenvalue weighted by Gasteiger charge is 2.25. The molecule has 0 aliphatic heterocycles. The van der Waals surface area contributed by atoms with Crippen molar-refractivity contribution in [3.63, 3.8) is 0 Å². The van der Waals surface area contributed by atoms with Crippen LogP contribution in [0.15, 0.2) is 29.1 Å². The molecule has 1 atom stereocenters. The minimum atomic E-state index is -0.793. The van der Waals surface area contributed by atoms with E-state index in [0.29, 0.717) is 27.7 Å². The Kier molecular flexibility index (Phi) is 5.30. The van der Waals surface area contributed by atoms with E-state index in [4.69, 9.17) is 9.47 Å². The number of H-pyrrole nitrogens is 2. The van der Waals surface area contributed by atoms with Gasteiger partial charge in [0.1, 0.15) is 5.69 Å². The Bertz CT molecular complexity index is 1110. The minimum Gasteiger partial charge on any atom is -0.462 e. The summed E-state index contributed by atoms with van der Waals surface area (Å²) in [6.07, 6.45) is -0.793. The number of ether oxygens (including phenoxy) is 2. The summed E-state index contributed by atoms with van der Waals surface area (Å²) >= 11 is 0. The molecule has 3 aromatic rings. The first-order valence-electron chi connectivity index (χ1n) is 8.89. The maximum atomic E-state index is 12.6. The number of para-hydroxylation sites is 1. The largest absolute Gasteiger partial charge is 0.462 e. The number of aromatic amines is 2. The number of aryl methyl sites for hydroxylation is 1. The van der Waals surface area contributed by atoms with Crippen LogP contribution in [0, 0.1) is 13.8 Å². The third kappa shape index (κ3) is 3.53. The molecular weight excluding hydrogens is 362 g/mol. The zero-order chi connectivity index (χ0) is 20.4. The standard InChI is InChI=1S/C20H21N3O5/c1-5-27-19(25)15-10(2)16(21-11(15)3)20(26)28-12(4)17-22-14-9-7-6-8-13(14)18(24)23-17/h6-9,12,21H,5H2,1-4H3,(H,22,23,24)/t12-/m1/s1. The SMILES string of the molecule is CCOC(=O)c1c(C)[nH]c(C(=O)O[C@H](C)c2nc3ccccc3c(=O)[nH]2)c1C. The number of hydrogen-bond acceptors (Lipinski definition) is 6. The molecule has 0 aliphatic carbocycles. The number of rotatable bonds is 5. The fourth-order valence-electron chi connectivity index (χ4n) is 3.04. The average molecular weight is 383 g/mol. The Morgan fingerprint density at radius 3 is 2.57 bits per heavy atom. The van der Waals surface area contributed by atoms with Gasteiger partial charge in [-0.25, -0.2) is 14.6 Å². The number of benzene rings is 1. The highest BCUT2D eigenvalue weighted by Crippen LogP contribution is 2.22. The first kappa shape index (κ1) is 19.3. The summed E-state index contributed by atoms with van der Waals surface area (Å²) in [4.78, 5) is 46.8. The molecule has 2 heterocycles. The van der Waals surface area contributed by atoms with Gasteiger partial charge in [-0.3, -0.25) is 4.79 Å². The fraction of sp³-hybridized carbons (Fsp3) is 0.300. The van der Waals surface area contributed by atoms with Crippen LogP contribution >= 0.6 is 0 Å². The van der Waals surface area contributed by atoms with E-state index in [0.717, 1.165) is 0 Å². The van der Waals surface area contributed by atoms with Crippen LogP contribution in [0.1, 0.15) is 57.9 Å². The van der Waals surface area contributed by atoms with Gasteiger partial charge in [-0.05, 0) is 45.4 Å². The van der Waals surface area contributed by atoms with Crippen molar-refractivity contribution in [2.75, 3.05) is 6.61 Å². The average Bonchev–Trinajstić information content (AvgIpc) is 2.96. The highest BCUT2D eigenvalue weighted by atomic mass is 16.5. The Labute approximate surface area is 160 Å². The Morgan fingerprint density at radius 2 is 1.86 bits per heavy atom. The van der Waals surface area contributed by atoms with Gasteiger partial charge in [0, 0.05) is 5.69 Å². The lowest BCUT2D eigenvalue weighted by molar-refractivity contribution is 0.0312. The fourth-order valence-corrected chi connectivity index (χ4v) is 3.04. The summed E-state index contributed by atoms with van der Waals surface area (Å²) in [5.41, 5.74) is 1.66. The van der Waals surface area contributed by atoms with Gasteiger partial charge in [0.15, 0.2) is 11.9 Å². The van der Waals surface area contributed by atoms with Crippen molar-refractivity contribution >= 4 is 22.8 Å². The molecule has 3 rings (SSSR count). The van der Waals surface area contributed by atoms with E-state index in [9.17, 15) is 14.4 Å². The Hall–Kier alpha value is -3.42. The van der Waals surface area contributed by atoms with E-state index < -0.39 is 18.0 Å². The summed E-state index contributed by atoms with van der Waals surface area (Å²) in [5, 5.41) is 0.458. The quantitative estimate of drug-likeness (QED) is 0.655. The van der Waals surface area contributed by atoms with Crippen LogP contribution in [-0.4, -0.2) is 33.5 Å². The van der Waals surface area contributed by atoms with Gasteiger partial charge in [-0.1, -0.05) is 12.1 Å². The third-order valence-corrected chi connectivity index (χ3v) is 4.42. The number of hydrogen-bond donors (Lipinski definition) is 2. The normalized spacial score (nSPS) is 12.0. The van der Waals surface area contributed by atoms with E-state index >= 15 is 0 Å². The van der Waals surface area contributed by atoms with Crippen molar-refractivity contribution in [3.05, 3.63) is 63.0 Å². The molecule has 0 unspecified atom stereocenters. The zero-order valence-electron chi connectivity index (χ0n) is 16.1. The number of carbonyl (C=O) groups is 2. The van der Waals surface area contributed by atoms with Crippen LogP contribution in [0.5, 0.6) is 0 Å². The number of fused-ring (bicyclic) bond motifs is 1. The molecule has 1 aromatic carbocycles. The molecule has 0 saturated carbocycles. The van der Waals surface area contributed by atoms with Crippen molar-refractivity contribution in [2.45, 2.75) is 33.8 Å². The van der Waals surface area contributed by atoms with E-state index in [1.807, 2.05) is 0 Å². The lowest BCUT2D eigenvalue weighted by Crippen LogP contribution is -2.18. The number of aromatic nitrogens is 3. The minimum absolute atomic E-state index is 0.163. The lowest BCUT2D eigenvalue weighted by Gasteiger charge is -2.13. The number of nitrogens with zero attached hydrogens (tertiary/aromatic N) is 1. The van der Waals surface area contributed by atoms with Gasteiger partial charge in [0.05, 0.1) is 23.1 Å². The molecule has 0 saturated heterocycles. The third-order valence-electron chi connectivity index (χ3n) is 4.42. The zero-order valence-corrected chi connectivity index (χ0v) is 16.1. The van der Waals surface area contributed by atoms with Crippen molar-refractivity contribution in [1.82, 2.24) is 15.0 Å². The van der Waals surface area contributed by atoms with Gasteiger partial charge in [-0.15, -0.1) is 0 Å². The first-order chi connectivity index (χ1) is 13.3. The van der Waals surface area contributed by atoms with Crippen LogP contribution in [0.25, 0.3) is 10.9 Å². The number of esters is 2. The number of carbonyl (C=O) groups excluding carboxylic acids is 2. The second-order valence-electron chi connectivity index (χ2n) is 6.36. The van der Waals surface area contributed by atoms with Crippen molar-refractivity contribution in [1.29, 1.82) is 0 Å². The van der Waals surface area contributed by atoms with Crippen LogP contribution in [-0.2, 0) is 9.47 Å². The van der Waals surface area contributed by atoms with Crippen LogP contribution in [0.2, 0.25) is 0 Å². The summed E-state index contributed by atoms with van der Waals surface area (Å²) in [6.45, 7) is 6.89. The van der Waals surface area contributed by atoms with Crippen LogP contribution in [0.4, 0.5) is 0 Å². The van der Waals surface area contributed by atoms with Gasteiger partial charge in [0.25, 0.3) is 5.56 Å². The maximum absolute atomic E-state index is 12.6. The van der Waals surface area contributed by atoms with E-state index in [-0.39, 0.29) is 23.7 Å². The van der Waals surface area contributed by atoms with Crippen molar-refractivity contribution < 1.29 is 19.1 Å². The monoisotopic (exact) mass is 383 g/mol. The summed E-state index contributed by atoms with van der Waals surface area (Å²) in [6, 6.07) is 6.91. The lowest BCUT2D eigenvalue weighted by atomic mass is 10.1. The Balaban J connectivity index is 1.86. The van der Waals surface area contributed by atoms with Gasteiger partial charge >= 0.3 is 11.9 Å². The van der Waals surface area contributed by atoms with Crippen LogP contribution in [0.3, 0.4) is 0 Å². The van der Waals surface area contributed by atoms with E-state index in [2.05, 4.69) is 15.0 Å². The molecule has 0 radical (unpaired) electrons. The van der Waals surface area contributed by atoms with Gasteiger partial charge in [-0.2, -0.15) is 0 Å². The second kappa shape index (κ2) is 7.67. The first-order valence-corrected chi connectivity index (χ1v) is 8.89. The second-order valence-corrected chi connectivity index (χ2v) is 6.36. The molecule has 2 N–H and O–H groups in total. The molecule has 0 spiro atoms. The van der Waals surface area contributed by atoms with Crippen LogP contribution < -0.4 is 5.56 Å². The molecule has 0 bridgehead atoms. The molecule has 0 aliphatic rings. The predicted octanol–water partition coefficient (Wildman–Crippen LogP) is 2.96. The highest BCUT2D eigenvalue weighted by molar-refractivity contribution is 5.98. The molecule has 8 heteroatoms. The van der Waals surface area contributed by atoms with Crippen molar-refractivity contribution in [2.24, 2.45) is 0 Å². The predicted molar refractivity (Wildman–Crippen MR) is 102 cm³/mol. The summed E-state index contributed by atoms with van der Waals surface area (Å²) in [5.74, 6) is -0.913. The van der Waals surface area contributed by atoms with Crippen molar-refractivity contribution in [3.8, 4) is 0 Å². The van der Waals surface area contributed by atoms with E-state index in [1.54, 1.807) is 52.0 Å². The summed E-state index contributed by atoms with van der Waals surface area (Å²) < 4.78 is 10.5. The molecule has 28 heavy (non-hydrogen) atoms. The van der Waals surface area contributed by atoms with Gasteiger partial charge < -0.3 is 19.4 Å². The van der Waals surface area contributed by atoms with Gasteiger partial charge in [0.2, 0.25) is 0 Å². The molecule has 0 fully saturated rings. The number of nitrogens with one attached hydrogen (secondary N) is 2. The smallest absolute Gasteiger partial charge is 0.355 e. The maximum Gasteiger partial charge on any atom is 0.355 e. The molecule has 8 nitrogen and oxygen atoms in total. The Morgan fingerprint density at radius 1 is 1.14 bits per heavy atom. The molecular formula is C20H21N3O5. The molecule has 146 valence electrons. The summed E-state index contributed by atoms with van der Waals surface area (Å²) in [7, 11) is 0. The molecule has 2 aromatic heterocycles.